The van der Waals surface area contributed by atoms with Crippen molar-refractivity contribution in [3.05, 3.63) is 60.1 Å². The van der Waals surface area contributed by atoms with Crippen LogP contribution in [-0.2, 0) is 6.42 Å². The Morgan fingerprint density at radius 1 is 1.06 bits per heavy atom. The molecule has 0 amide bonds. The Balaban J connectivity index is 0.00000306. The average molecular weight is 566 g/mol. The Bertz CT molecular complexity index is 807. The molecule has 182 valence electrons. The number of piperidine rings is 1. The van der Waals surface area contributed by atoms with E-state index in [0.717, 1.165) is 50.9 Å². The zero-order valence-corrected chi connectivity index (χ0v) is 22.2. The molecule has 2 atom stereocenters. The summed E-state index contributed by atoms with van der Waals surface area (Å²) in [4.78, 5) is 9.62. The fourth-order valence-corrected chi connectivity index (χ4v) is 4.99. The summed E-state index contributed by atoms with van der Waals surface area (Å²) in [5.41, 5.74) is 1.43. The lowest BCUT2D eigenvalue weighted by Crippen LogP contribution is -2.45. The first-order chi connectivity index (χ1) is 15.8. The first-order valence-corrected chi connectivity index (χ1v) is 12.3. The zero-order valence-electron chi connectivity index (χ0n) is 19.9. The van der Waals surface area contributed by atoms with Crippen molar-refractivity contribution < 1.29 is 4.42 Å². The summed E-state index contributed by atoms with van der Waals surface area (Å²) in [6.07, 6.45) is 8.04. The quantitative estimate of drug-likeness (QED) is 0.272. The Morgan fingerprint density at radius 2 is 1.88 bits per heavy atom. The maximum absolute atomic E-state index is 5.78. The van der Waals surface area contributed by atoms with Crippen LogP contribution in [-0.4, -0.2) is 68.6 Å². The molecule has 33 heavy (non-hydrogen) atoms. The van der Waals surface area contributed by atoms with Gasteiger partial charge in [-0.25, -0.2) is 0 Å². The van der Waals surface area contributed by atoms with Gasteiger partial charge in [0.1, 0.15) is 5.76 Å². The van der Waals surface area contributed by atoms with Gasteiger partial charge in [0.15, 0.2) is 5.96 Å². The molecule has 2 aliphatic rings. The molecule has 0 bridgehead atoms. The summed E-state index contributed by atoms with van der Waals surface area (Å²) in [6.45, 7) is 7.56. The van der Waals surface area contributed by atoms with Crippen LogP contribution >= 0.6 is 24.0 Å². The van der Waals surface area contributed by atoms with E-state index < -0.39 is 0 Å². The number of furan rings is 1. The van der Waals surface area contributed by atoms with Crippen LogP contribution in [0, 0.1) is 5.92 Å². The van der Waals surface area contributed by atoms with Crippen molar-refractivity contribution in [1.82, 2.24) is 20.4 Å². The molecule has 0 aliphatic carbocycles. The highest BCUT2D eigenvalue weighted by Gasteiger charge is 2.25. The molecule has 2 fully saturated rings. The fraction of sp³-hybridized carbons (Fsp3) is 0.577. The molecule has 7 heteroatoms. The molecule has 1 aromatic carbocycles. The van der Waals surface area contributed by atoms with E-state index in [0.29, 0.717) is 5.92 Å². The van der Waals surface area contributed by atoms with Crippen LogP contribution in [0.25, 0.3) is 0 Å². The van der Waals surface area contributed by atoms with Crippen LogP contribution in [0.5, 0.6) is 0 Å². The molecule has 2 unspecified atom stereocenters. The first kappa shape index (κ1) is 26.0. The Kier molecular flexibility index (Phi) is 11.0. The van der Waals surface area contributed by atoms with Crippen LogP contribution in [0.2, 0.25) is 0 Å². The van der Waals surface area contributed by atoms with E-state index in [1.54, 1.807) is 6.26 Å². The lowest BCUT2D eigenvalue weighted by Gasteiger charge is -2.33. The monoisotopic (exact) mass is 565 g/mol. The maximum Gasteiger partial charge on any atom is 0.191 e. The zero-order chi connectivity index (χ0) is 22.0. The van der Waals surface area contributed by atoms with Crippen molar-refractivity contribution in [2.75, 3.05) is 52.9 Å². The fourth-order valence-electron chi connectivity index (χ4n) is 4.99. The van der Waals surface area contributed by atoms with Crippen molar-refractivity contribution in [3.63, 3.8) is 0 Å². The molecule has 0 saturated carbocycles. The molecule has 3 heterocycles. The van der Waals surface area contributed by atoms with Crippen molar-refractivity contribution in [1.29, 1.82) is 0 Å². The second-order valence-electron chi connectivity index (χ2n) is 9.15. The van der Waals surface area contributed by atoms with E-state index in [1.165, 1.54) is 44.3 Å². The highest BCUT2D eigenvalue weighted by molar-refractivity contribution is 14.0. The molecule has 2 aliphatic heterocycles. The van der Waals surface area contributed by atoms with Crippen LogP contribution in [0.3, 0.4) is 0 Å². The van der Waals surface area contributed by atoms with E-state index in [1.807, 2.05) is 13.1 Å². The molecule has 4 rings (SSSR count). The molecule has 2 saturated heterocycles. The summed E-state index contributed by atoms with van der Waals surface area (Å²) >= 11 is 0. The number of aliphatic imine (C=N–C) groups is 1. The number of likely N-dealkylation sites (tertiary alicyclic amines) is 2. The number of rotatable bonds is 9. The average Bonchev–Trinajstić information content (AvgIpc) is 3.54. The third-order valence-electron chi connectivity index (χ3n) is 6.88. The molecule has 6 nitrogen and oxygen atoms in total. The van der Waals surface area contributed by atoms with Crippen LogP contribution in [0.4, 0.5) is 0 Å². The minimum atomic E-state index is 0. The Labute approximate surface area is 216 Å². The van der Waals surface area contributed by atoms with Gasteiger partial charge in [-0.05, 0) is 68.9 Å². The molecule has 2 N–H and O–H groups in total. The summed E-state index contributed by atoms with van der Waals surface area (Å²) in [7, 11) is 1.86. The smallest absolute Gasteiger partial charge is 0.191 e. The number of nitrogens with one attached hydrogen (secondary N) is 2. The lowest BCUT2D eigenvalue weighted by molar-refractivity contribution is 0.146. The van der Waals surface area contributed by atoms with E-state index in [-0.39, 0.29) is 30.0 Å². The van der Waals surface area contributed by atoms with Gasteiger partial charge < -0.3 is 20.0 Å². The highest BCUT2D eigenvalue weighted by atomic mass is 127. The number of benzene rings is 1. The Hall–Kier alpha value is -1.58. The number of nitrogens with zero attached hydrogens (tertiary/aromatic N) is 3. The van der Waals surface area contributed by atoms with Crippen LogP contribution < -0.4 is 10.6 Å². The predicted octanol–water partition coefficient (Wildman–Crippen LogP) is 4.15. The van der Waals surface area contributed by atoms with Crippen molar-refractivity contribution in [3.8, 4) is 0 Å². The largest absolute Gasteiger partial charge is 0.468 e. The summed E-state index contributed by atoms with van der Waals surface area (Å²) in [6, 6.07) is 15.1. The molecular weight excluding hydrogens is 525 g/mol. The summed E-state index contributed by atoms with van der Waals surface area (Å²) < 4.78 is 5.78. The highest BCUT2D eigenvalue weighted by Crippen LogP contribution is 2.24. The third kappa shape index (κ3) is 8.00. The minimum absolute atomic E-state index is 0. The Morgan fingerprint density at radius 3 is 2.61 bits per heavy atom. The van der Waals surface area contributed by atoms with Gasteiger partial charge >= 0.3 is 0 Å². The van der Waals surface area contributed by atoms with Gasteiger partial charge in [0.05, 0.1) is 12.3 Å². The van der Waals surface area contributed by atoms with E-state index >= 15 is 0 Å². The summed E-state index contributed by atoms with van der Waals surface area (Å²) in [5.74, 6) is 2.60. The standard InChI is InChI=1S/C26H39N5O.HI/c1-27-26(29-20-24(25-11-8-18-32-25)31-14-6-3-7-15-31)28-19-23-13-17-30(21-23)16-12-22-9-4-2-5-10-22;/h2,4-5,8-11,18,23-24H,3,6-7,12-17,19-21H2,1H3,(H2,27,28,29);1H. The van der Waals surface area contributed by atoms with E-state index in [4.69, 9.17) is 4.42 Å². The predicted molar refractivity (Wildman–Crippen MR) is 146 cm³/mol. The van der Waals surface area contributed by atoms with Gasteiger partial charge in [-0.2, -0.15) is 0 Å². The maximum atomic E-state index is 5.78. The van der Waals surface area contributed by atoms with Gasteiger partial charge in [-0.15, -0.1) is 24.0 Å². The number of halogens is 1. The van der Waals surface area contributed by atoms with Gasteiger partial charge in [-0.3, -0.25) is 9.89 Å². The first-order valence-electron chi connectivity index (χ1n) is 12.3. The van der Waals surface area contributed by atoms with Gasteiger partial charge in [0.25, 0.3) is 0 Å². The van der Waals surface area contributed by atoms with Crippen molar-refractivity contribution in [2.45, 2.75) is 38.1 Å². The van der Waals surface area contributed by atoms with Crippen molar-refractivity contribution >= 4 is 29.9 Å². The number of guanidine groups is 1. The minimum Gasteiger partial charge on any atom is -0.468 e. The topological polar surface area (TPSA) is 56.0 Å². The van der Waals surface area contributed by atoms with Gasteiger partial charge in [0, 0.05) is 33.2 Å². The second-order valence-corrected chi connectivity index (χ2v) is 9.15. The number of hydrogen-bond donors (Lipinski definition) is 2. The van der Waals surface area contributed by atoms with Crippen LogP contribution in [0.15, 0.2) is 58.1 Å². The second kappa shape index (κ2) is 14.0. The molecule has 0 radical (unpaired) electrons. The SMILES string of the molecule is CN=C(NCC1CCN(CCc2ccccc2)C1)NCC(c1ccco1)N1CCCCC1.I. The molecular formula is C26H40IN5O. The third-order valence-corrected chi connectivity index (χ3v) is 6.88. The van der Waals surface area contributed by atoms with Gasteiger partial charge in [0.2, 0.25) is 0 Å². The van der Waals surface area contributed by atoms with Gasteiger partial charge in [-0.1, -0.05) is 36.8 Å². The van der Waals surface area contributed by atoms with E-state index in [9.17, 15) is 0 Å². The normalized spacial score (nSPS) is 20.9. The lowest BCUT2D eigenvalue weighted by atomic mass is 10.1. The number of hydrogen-bond acceptors (Lipinski definition) is 4. The molecule has 0 spiro atoms. The van der Waals surface area contributed by atoms with Crippen LogP contribution in [0.1, 0.15) is 43.0 Å². The van der Waals surface area contributed by atoms with Crippen molar-refractivity contribution in [2.24, 2.45) is 10.9 Å². The van der Waals surface area contributed by atoms with E-state index in [2.05, 4.69) is 61.8 Å². The molecule has 1 aromatic heterocycles. The summed E-state index contributed by atoms with van der Waals surface area (Å²) in [5, 5.41) is 7.13. The molecule has 2 aromatic rings.